The van der Waals surface area contributed by atoms with Crippen molar-refractivity contribution in [3.05, 3.63) is 50.3 Å². The van der Waals surface area contributed by atoms with Gasteiger partial charge in [-0.2, -0.15) is 13.2 Å². The molecular formula is C12H8F3N3O5. The van der Waals surface area contributed by atoms with E-state index in [1.165, 1.54) is 6.07 Å². The highest BCUT2D eigenvalue weighted by Gasteiger charge is 2.28. The number of nitro groups is 1. The summed E-state index contributed by atoms with van der Waals surface area (Å²) < 4.78 is 35.9. The Morgan fingerprint density at radius 1 is 1.35 bits per heavy atom. The van der Waals surface area contributed by atoms with Crippen molar-refractivity contribution in [2.75, 3.05) is 6.61 Å². The lowest BCUT2D eigenvalue weighted by Crippen LogP contribution is -2.30. The number of hydroxylamine groups is 1. The summed E-state index contributed by atoms with van der Waals surface area (Å²) in [6.45, 7) is -1.72. The molecule has 0 spiro atoms. The van der Waals surface area contributed by atoms with Crippen molar-refractivity contribution in [1.82, 2.24) is 10.5 Å². The van der Waals surface area contributed by atoms with Gasteiger partial charge in [-0.3, -0.25) is 24.5 Å². The average molecular weight is 331 g/mol. The van der Waals surface area contributed by atoms with E-state index in [2.05, 4.69) is 9.82 Å². The fraction of sp³-hybridized carbons (Fsp3) is 0.167. The highest BCUT2D eigenvalue weighted by Crippen LogP contribution is 2.21. The number of carbonyl (C=O) groups is 1. The number of nitrogens with one attached hydrogen (secondary N) is 2. The Morgan fingerprint density at radius 2 is 2.04 bits per heavy atom. The summed E-state index contributed by atoms with van der Waals surface area (Å²) in [5, 5.41) is 10.8. The van der Waals surface area contributed by atoms with Crippen LogP contribution in [-0.2, 0) is 4.84 Å². The molecule has 1 aromatic heterocycles. The van der Waals surface area contributed by atoms with Gasteiger partial charge in [-0.25, -0.2) is 5.48 Å². The first kappa shape index (κ1) is 16.4. The lowest BCUT2D eigenvalue weighted by Gasteiger charge is -2.09. The number of alkyl halides is 3. The Labute approximate surface area is 125 Å². The maximum absolute atomic E-state index is 12.0. The van der Waals surface area contributed by atoms with Crippen LogP contribution in [0.2, 0.25) is 0 Å². The number of halogens is 3. The summed E-state index contributed by atoms with van der Waals surface area (Å²) in [5.74, 6) is -1.13. The first-order chi connectivity index (χ1) is 10.7. The highest BCUT2D eigenvalue weighted by atomic mass is 19.4. The van der Waals surface area contributed by atoms with Gasteiger partial charge in [0.1, 0.15) is 0 Å². The van der Waals surface area contributed by atoms with Crippen LogP contribution in [0.5, 0.6) is 0 Å². The number of nitro benzene ring substituents is 1. The molecule has 0 atom stereocenters. The van der Waals surface area contributed by atoms with Gasteiger partial charge in [0.15, 0.2) is 6.61 Å². The topological polar surface area (TPSA) is 114 Å². The third-order valence-corrected chi connectivity index (χ3v) is 2.68. The van der Waals surface area contributed by atoms with Crippen LogP contribution in [0.25, 0.3) is 10.9 Å². The Morgan fingerprint density at radius 3 is 2.65 bits per heavy atom. The van der Waals surface area contributed by atoms with Gasteiger partial charge in [0.05, 0.1) is 10.5 Å². The quantitative estimate of drug-likeness (QED) is 0.653. The van der Waals surface area contributed by atoms with Gasteiger partial charge in [-0.1, -0.05) is 0 Å². The van der Waals surface area contributed by atoms with E-state index in [0.29, 0.717) is 0 Å². The van der Waals surface area contributed by atoms with Gasteiger partial charge in [-0.15, -0.1) is 0 Å². The second-order valence-corrected chi connectivity index (χ2v) is 4.37. The molecule has 0 aliphatic rings. The largest absolute Gasteiger partial charge is 0.414 e. The molecule has 0 saturated heterocycles. The lowest BCUT2D eigenvalue weighted by molar-refractivity contribution is -0.384. The Bertz CT molecular complexity index is 831. The first-order valence-electron chi connectivity index (χ1n) is 5.98. The number of H-pyrrole nitrogens is 1. The molecule has 8 nitrogen and oxygen atoms in total. The molecule has 2 aromatic rings. The minimum Gasteiger partial charge on any atom is -0.322 e. The number of fused-ring (bicyclic) bond motifs is 1. The van der Waals surface area contributed by atoms with E-state index in [-0.39, 0.29) is 22.2 Å². The van der Waals surface area contributed by atoms with Gasteiger partial charge >= 0.3 is 6.18 Å². The normalized spacial score (nSPS) is 11.4. The molecule has 0 fully saturated rings. The van der Waals surface area contributed by atoms with Gasteiger partial charge in [0, 0.05) is 29.1 Å². The van der Waals surface area contributed by atoms with E-state index in [9.17, 15) is 32.9 Å². The molecule has 0 aliphatic carbocycles. The molecule has 1 heterocycles. The van der Waals surface area contributed by atoms with Crippen LogP contribution in [0.3, 0.4) is 0 Å². The van der Waals surface area contributed by atoms with E-state index in [4.69, 9.17) is 0 Å². The van der Waals surface area contributed by atoms with Crippen LogP contribution in [0, 0.1) is 10.1 Å². The van der Waals surface area contributed by atoms with E-state index >= 15 is 0 Å². The summed E-state index contributed by atoms with van der Waals surface area (Å²) in [4.78, 5) is 39.7. The van der Waals surface area contributed by atoms with Gasteiger partial charge in [0.2, 0.25) is 5.56 Å². The molecule has 0 radical (unpaired) electrons. The number of benzene rings is 1. The molecule has 2 N–H and O–H groups in total. The lowest BCUT2D eigenvalue weighted by atomic mass is 10.1. The smallest absolute Gasteiger partial charge is 0.322 e. The van der Waals surface area contributed by atoms with Crippen molar-refractivity contribution >= 4 is 22.5 Å². The zero-order valence-electron chi connectivity index (χ0n) is 11.1. The van der Waals surface area contributed by atoms with Crippen LogP contribution in [0.1, 0.15) is 10.4 Å². The Hall–Kier alpha value is -2.95. The fourth-order valence-corrected chi connectivity index (χ4v) is 1.78. The molecule has 0 unspecified atom stereocenters. The van der Waals surface area contributed by atoms with Crippen molar-refractivity contribution in [1.29, 1.82) is 0 Å². The van der Waals surface area contributed by atoms with Crippen LogP contribution in [0.4, 0.5) is 18.9 Å². The SMILES string of the molecule is O=C(NOCC(F)(F)F)c1cc(=O)[nH]c2ccc([N+](=O)[O-])cc12. The third kappa shape index (κ3) is 4.03. The zero-order valence-corrected chi connectivity index (χ0v) is 11.1. The van der Waals surface area contributed by atoms with Gasteiger partial charge < -0.3 is 4.98 Å². The monoisotopic (exact) mass is 331 g/mol. The summed E-state index contributed by atoms with van der Waals surface area (Å²) in [6, 6.07) is 4.14. The predicted octanol–water partition coefficient (Wildman–Crippen LogP) is 1.66. The highest BCUT2D eigenvalue weighted by molar-refractivity contribution is 6.06. The van der Waals surface area contributed by atoms with Crippen molar-refractivity contribution in [2.24, 2.45) is 0 Å². The van der Waals surface area contributed by atoms with Gasteiger partial charge in [-0.05, 0) is 6.07 Å². The number of aromatic amines is 1. The summed E-state index contributed by atoms with van der Waals surface area (Å²) in [7, 11) is 0. The van der Waals surface area contributed by atoms with E-state index in [0.717, 1.165) is 18.2 Å². The summed E-state index contributed by atoms with van der Waals surface area (Å²) in [6.07, 6.45) is -4.65. The van der Waals surface area contributed by atoms with Crippen molar-refractivity contribution in [3.63, 3.8) is 0 Å². The molecule has 2 rings (SSSR count). The second kappa shape index (κ2) is 6.04. The molecule has 0 saturated carbocycles. The maximum atomic E-state index is 12.0. The van der Waals surface area contributed by atoms with E-state index in [1.807, 2.05) is 0 Å². The number of aromatic nitrogens is 1. The van der Waals surface area contributed by atoms with E-state index < -0.39 is 29.2 Å². The molecule has 11 heteroatoms. The molecule has 1 aromatic carbocycles. The number of hydrogen-bond acceptors (Lipinski definition) is 5. The molecular weight excluding hydrogens is 323 g/mol. The van der Waals surface area contributed by atoms with Crippen LogP contribution in [-0.4, -0.2) is 28.6 Å². The fourth-order valence-electron chi connectivity index (χ4n) is 1.78. The van der Waals surface area contributed by atoms with Gasteiger partial charge in [0.25, 0.3) is 11.6 Å². The number of nitrogens with zero attached hydrogens (tertiary/aromatic N) is 1. The van der Waals surface area contributed by atoms with Crippen molar-refractivity contribution < 1.29 is 27.7 Å². The average Bonchev–Trinajstić information content (AvgIpc) is 2.44. The predicted molar refractivity (Wildman–Crippen MR) is 70.7 cm³/mol. The first-order valence-corrected chi connectivity index (χ1v) is 5.98. The van der Waals surface area contributed by atoms with Crippen molar-refractivity contribution in [2.45, 2.75) is 6.18 Å². The number of pyridine rings is 1. The summed E-state index contributed by atoms with van der Waals surface area (Å²) >= 11 is 0. The molecule has 122 valence electrons. The number of rotatable bonds is 4. The third-order valence-electron chi connectivity index (χ3n) is 2.68. The molecule has 1 amide bonds. The zero-order chi connectivity index (χ0) is 17.2. The Kier molecular flexibility index (Phi) is 4.31. The standard InChI is InChI=1S/C12H8F3N3O5/c13-12(14,15)5-23-17-11(20)8-4-10(19)16-9-2-1-6(18(21)22)3-7(8)9/h1-4H,5H2,(H,16,19)(H,17,20). The van der Waals surface area contributed by atoms with Crippen LogP contribution < -0.4 is 11.0 Å². The van der Waals surface area contributed by atoms with E-state index in [1.54, 1.807) is 5.48 Å². The number of hydrogen-bond donors (Lipinski definition) is 2. The number of non-ortho nitro benzene ring substituents is 1. The van der Waals surface area contributed by atoms with Crippen LogP contribution >= 0.6 is 0 Å². The second-order valence-electron chi connectivity index (χ2n) is 4.37. The minimum atomic E-state index is -4.65. The molecule has 23 heavy (non-hydrogen) atoms. The van der Waals surface area contributed by atoms with Crippen LogP contribution in [0.15, 0.2) is 29.1 Å². The molecule has 0 aliphatic heterocycles. The minimum absolute atomic E-state index is 0.00749. The number of amides is 1. The van der Waals surface area contributed by atoms with Crippen molar-refractivity contribution in [3.8, 4) is 0 Å². The maximum Gasteiger partial charge on any atom is 0.414 e. The number of carbonyl (C=O) groups excluding carboxylic acids is 1. The Balaban J connectivity index is 2.38. The summed E-state index contributed by atoms with van der Waals surface area (Å²) in [5.41, 5.74) is 0.251. The molecule has 0 bridgehead atoms.